The molecule has 0 saturated carbocycles. The average Bonchev–Trinajstić information content (AvgIpc) is 2.84. The van der Waals surface area contributed by atoms with Gasteiger partial charge in [0.15, 0.2) is 0 Å². The third kappa shape index (κ3) is 3.05. The molecule has 1 N–H and O–H groups in total. The molecule has 0 amide bonds. The largest absolute Gasteiger partial charge is 0.340 e. The topological polar surface area (TPSA) is 33.1 Å². The van der Waals surface area contributed by atoms with Crippen LogP contribution in [0.1, 0.15) is 33.6 Å². The number of imidazole rings is 1. The molecular weight excluding hydrogens is 224 g/mol. The van der Waals surface area contributed by atoms with Crippen molar-refractivity contribution in [1.29, 1.82) is 0 Å². The summed E-state index contributed by atoms with van der Waals surface area (Å²) in [5.41, 5.74) is 0. The molecule has 2 rings (SSSR count). The van der Waals surface area contributed by atoms with E-state index in [1.165, 1.54) is 25.9 Å². The zero-order valence-corrected chi connectivity index (χ0v) is 11.9. The minimum atomic E-state index is 0.507. The Kier molecular flexibility index (Phi) is 4.64. The van der Waals surface area contributed by atoms with Gasteiger partial charge in [-0.3, -0.25) is 0 Å². The third-order valence-electron chi connectivity index (χ3n) is 3.83. The Morgan fingerprint density at radius 2 is 2.17 bits per heavy atom. The lowest BCUT2D eigenvalue weighted by Crippen LogP contribution is -2.40. The van der Waals surface area contributed by atoms with E-state index in [0.717, 1.165) is 25.0 Å². The second-order valence-corrected chi connectivity index (χ2v) is 5.45. The van der Waals surface area contributed by atoms with Crippen molar-refractivity contribution in [3.05, 3.63) is 12.4 Å². The van der Waals surface area contributed by atoms with E-state index >= 15 is 0 Å². The molecule has 2 heterocycles. The lowest BCUT2D eigenvalue weighted by atomic mass is 9.97. The molecule has 4 heteroatoms. The minimum Gasteiger partial charge on any atom is -0.340 e. The molecule has 0 aliphatic carbocycles. The Labute approximate surface area is 110 Å². The molecule has 4 nitrogen and oxygen atoms in total. The quantitative estimate of drug-likeness (QED) is 0.869. The number of aryl methyl sites for hydroxylation is 1. The smallest absolute Gasteiger partial charge is 0.205 e. The van der Waals surface area contributed by atoms with Crippen LogP contribution in [0.25, 0.3) is 0 Å². The third-order valence-corrected chi connectivity index (χ3v) is 3.83. The predicted molar refractivity (Wildman–Crippen MR) is 76.0 cm³/mol. The maximum atomic E-state index is 4.55. The molecule has 0 spiro atoms. The van der Waals surface area contributed by atoms with Crippen molar-refractivity contribution in [3.8, 4) is 0 Å². The molecule has 1 aromatic heterocycles. The second-order valence-electron chi connectivity index (χ2n) is 5.45. The molecule has 18 heavy (non-hydrogen) atoms. The predicted octanol–water partition coefficient (Wildman–Crippen LogP) is 2.12. The van der Waals surface area contributed by atoms with E-state index in [-0.39, 0.29) is 0 Å². The molecule has 102 valence electrons. The maximum Gasteiger partial charge on any atom is 0.205 e. The first kappa shape index (κ1) is 13.4. The van der Waals surface area contributed by atoms with Crippen LogP contribution in [0.15, 0.2) is 12.4 Å². The first-order valence-electron chi connectivity index (χ1n) is 7.20. The Balaban J connectivity index is 2.08. The fraction of sp³-hybridized carbons (Fsp3) is 0.786. The van der Waals surface area contributed by atoms with Crippen LogP contribution in [-0.2, 0) is 6.54 Å². The van der Waals surface area contributed by atoms with Crippen LogP contribution in [0.4, 0.5) is 5.95 Å². The fourth-order valence-corrected chi connectivity index (χ4v) is 2.67. The standard InChI is InChI=1S/C14H26N4/c1-4-17-10-9-16-14(17)18(12(2)3)11-13-5-7-15-8-6-13/h9-10,12-13,15H,4-8,11H2,1-3H3. The van der Waals surface area contributed by atoms with E-state index in [0.29, 0.717) is 6.04 Å². The number of nitrogens with zero attached hydrogens (tertiary/aromatic N) is 3. The normalized spacial score (nSPS) is 17.3. The van der Waals surface area contributed by atoms with Crippen molar-refractivity contribution >= 4 is 5.95 Å². The summed E-state index contributed by atoms with van der Waals surface area (Å²) in [6.45, 7) is 11.2. The highest BCUT2D eigenvalue weighted by Crippen LogP contribution is 2.20. The van der Waals surface area contributed by atoms with Crippen LogP contribution in [0.3, 0.4) is 0 Å². The van der Waals surface area contributed by atoms with Gasteiger partial charge in [0.05, 0.1) is 0 Å². The van der Waals surface area contributed by atoms with E-state index in [2.05, 4.69) is 46.7 Å². The number of rotatable bonds is 5. The molecule has 1 aromatic rings. The van der Waals surface area contributed by atoms with Gasteiger partial charge in [-0.2, -0.15) is 0 Å². The Hall–Kier alpha value is -1.03. The van der Waals surface area contributed by atoms with Gasteiger partial charge in [0, 0.05) is 31.5 Å². The minimum absolute atomic E-state index is 0.507. The molecule has 1 saturated heterocycles. The molecule has 0 unspecified atom stereocenters. The molecule has 0 aromatic carbocycles. The van der Waals surface area contributed by atoms with Crippen molar-refractivity contribution in [2.75, 3.05) is 24.5 Å². The first-order valence-corrected chi connectivity index (χ1v) is 7.20. The van der Waals surface area contributed by atoms with E-state index in [1.807, 2.05) is 6.20 Å². The maximum absolute atomic E-state index is 4.55. The van der Waals surface area contributed by atoms with Gasteiger partial charge in [-0.25, -0.2) is 4.98 Å². The number of nitrogens with one attached hydrogen (secondary N) is 1. The number of piperidine rings is 1. The van der Waals surface area contributed by atoms with Crippen LogP contribution in [0.5, 0.6) is 0 Å². The summed E-state index contributed by atoms with van der Waals surface area (Å²) in [6, 6.07) is 0.507. The van der Waals surface area contributed by atoms with E-state index in [9.17, 15) is 0 Å². The molecule has 0 radical (unpaired) electrons. The van der Waals surface area contributed by atoms with Crippen LogP contribution < -0.4 is 10.2 Å². The molecule has 0 bridgehead atoms. The molecule has 1 aliphatic heterocycles. The van der Waals surface area contributed by atoms with Gasteiger partial charge < -0.3 is 14.8 Å². The lowest BCUT2D eigenvalue weighted by Gasteiger charge is -2.33. The van der Waals surface area contributed by atoms with Gasteiger partial charge in [0.25, 0.3) is 0 Å². The summed E-state index contributed by atoms with van der Waals surface area (Å²) in [5, 5.41) is 3.44. The van der Waals surface area contributed by atoms with E-state index < -0.39 is 0 Å². The molecule has 1 fully saturated rings. The van der Waals surface area contributed by atoms with Crippen molar-refractivity contribution in [3.63, 3.8) is 0 Å². The van der Waals surface area contributed by atoms with Gasteiger partial charge in [0.1, 0.15) is 0 Å². The summed E-state index contributed by atoms with van der Waals surface area (Å²) in [7, 11) is 0. The Morgan fingerprint density at radius 3 is 2.78 bits per heavy atom. The van der Waals surface area contributed by atoms with Crippen LogP contribution in [0.2, 0.25) is 0 Å². The van der Waals surface area contributed by atoms with Crippen molar-refractivity contribution in [2.45, 2.75) is 46.2 Å². The summed E-state index contributed by atoms with van der Waals surface area (Å²) >= 11 is 0. The highest BCUT2D eigenvalue weighted by Gasteiger charge is 2.21. The van der Waals surface area contributed by atoms with Crippen LogP contribution >= 0.6 is 0 Å². The number of hydrogen-bond donors (Lipinski definition) is 1. The Bertz CT molecular complexity index is 352. The molecule has 1 aliphatic rings. The highest BCUT2D eigenvalue weighted by atomic mass is 15.3. The highest BCUT2D eigenvalue weighted by molar-refractivity contribution is 5.32. The van der Waals surface area contributed by atoms with Gasteiger partial charge in [0.2, 0.25) is 5.95 Å². The number of aromatic nitrogens is 2. The van der Waals surface area contributed by atoms with Gasteiger partial charge in [-0.15, -0.1) is 0 Å². The van der Waals surface area contributed by atoms with Crippen molar-refractivity contribution < 1.29 is 0 Å². The first-order chi connectivity index (χ1) is 8.72. The summed E-state index contributed by atoms with van der Waals surface area (Å²) in [4.78, 5) is 7.01. The lowest BCUT2D eigenvalue weighted by molar-refractivity contribution is 0.365. The summed E-state index contributed by atoms with van der Waals surface area (Å²) < 4.78 is 2.24. The van der Waals surface area contributed by atoms with Gasteiger partial charge in [-0.1, -0.05) is 0 Å². The van der Waals surface area contributed by atoms with Crippen LogP contribution in [-0.4, -0.2) is 35.2 Å². The summed E-state index contributed by atoms with van der Waals surface area (Å²) in [5.74, 6) is 1.93. The summed E-state index contributed by atoms with van der Waals surface area (Å²) in [6.07, 6.45) is 6.57. The van der Waals surface area contributed by atoms with Gasteiger partial charge >= 0.3 is 0 Å². The number of hydrogen-bond acceptors (Lipinski definition) is 3. The van der Waals surface area contributed by atoms with Gasteiger partial charge in [-0.05, 0) is 52.6 Å². The SMILES string of the molecule is CCn1ccnc1N(CC1CCNCC1)C(C)C. The van der Waals surface area contributed by atoms with Crippen molar-refractivity contribution in [1.82, 2.24) is 14.9 Å². The van der Waals surface area contributed by atoms with E-state index in [4.69, 9.17) is 0 Å². The Morgan fingerprint density at radius 1 is 1.44 bits per heavy atom. The number of anilines is 1. The molecular formula is C14H26N4. The zero-order valence-electron chi connectivity index (χ0n) is 11.9. The average molecular weight is 250 g/mol. The monoisotopic (exact) mass is 250 g/mol. The van der Waals surface area contributed by atoms with Crippen molar-refractivity contribution in [2.24, 2.45) is 5.92 Å². The molecule has 0 atom stereocenters. The second kappa shape index (κ2) is 6.23. The fourth-order valence-electron chi connectivity index (χ4n) is 2.67. The van der Waals surface area contributed by atoms with Crippen LogP contribution in [0, 0.1) is 5.92 Å². The zero-order chi connectivity index (χ0) is 13.0. The van der Waals surface area contributed by atoms with E-state index in [1.54, 1.807) is 0 Å².